The summed E-state index contributed by atoms with van der Waals surface area (Å²) in [5.41, 5.74) is 3.62. The Morgan fingerprint density at radius 3 is 2.50 bits per heavy atom. The van der Waals surface area contributed by atoms with Gasteiger partial charge in [0.1, 0.15) is 6.04 Å². The first-order chi connectivity index (χ1) is 16.2. The molecule has 2 fully saturated rings. The molecule has 0 bridgehead atoms. The van der Waals surface area contributed by atoms with Crippen LogP contribution in [-0.2, 0) is 19.0 Å². The lowest BCUT2D eigenvalue weighted by atomic mass is 10.0. The van der Waals surface area contributed by atoms with Crippen molar-refractivity contribution in [2.24, 2.45) is 5.92 Å². The quantitative estimate of drug-likeness (QED) is 0.621. The van der Waals surface area contributed by atoms with Gasteiger partial charge in [0.05, 0.1) is 44.3 Å². The van der Waals surface area contributed by atoms with Gasteiger partial charge in [0.15, 0.2) is 5.79 Å². The second kappa shape index (κ2) is 10.0. The minimum absolute atomic E-state index is 0.141. The van der Waals surface area contributed by atoms with Gasteiger partial charge < -0.3 is 24.4 Å². The molecule has 0 aliphatic carbocycles. The van der Waals surface area contributed by atoms with E-state index in [4.69, 9.17) is 19.2 Å². The number of aryl methyl sites for hydroxylation is 1. The summed E-state index contributed by atoms with van der Waals surface area (Å²) in [7, 11) is 1.28. The van der Waals surface area contributed by atoms with E-state index in [-0.39, 0.29) is 24.4 Å². The zero-order valence-corrected chi connectivity index (χ0v) is 21.4. The molecule has 2 saturated heterocycles. The van der Waals surface area contributed by atoms with Gasteiger partial charge in [-0.05, 0) is 42.7 Å². The number of benzene rings is 1. The summed E-state index contributed by atoms with van der Waals surface area (Å²) in [5.74, 6) is -1.22. The first-order valence-electron chi connectivity index (χ1n) is 11.4. The number of pyridine rings is 1. The van der Waals surface area contributed by atoms with E-state index >= 15 is 0 Å². The standard InChI is InChI=1S/C25H30BrN3O5/c1-15(2)22(28-24(31)32-4)23(30)29-14-25(33-9-10-34-25)13-21(29)20-12-16(3)11-19(27-20)17-5-7-18(26)8-6-17/h5-8,11-12,15,21-22H,9-10,13-14H2,1-4H3,(H,28,31). The predicted octanol–water partition coefficient (Wildman–Crippen LogP) is 4.22. The van der Waals surface area contributed by atoms with Crippen LogP contribution in [0.1, 0.15) is 37.6 Å². The number of likely N-dealkylation sites (tertiary alicyclic amines) is 1. The van der Waals surface area contributed by atoms with Gasteiger partial charge in [-0.15, -0.1) is 0 Å². The molecule has 2 aliphatic rings. The number of nitrogens with one attached hydrogen (secondary N) is 1. The number of carbonyl (C=O) groups is 2. The van der Waals surface area contributed by atoms with Crippen molar-refractivity contribution in [1.29, 1.82) is 0 Å². The fourth-order valence-electron chi connectivity index (χ4n) is 4.55. The highest BCUT2D eigenvalue weighted by Gasteiger charge is 2.52. The summed E-state index contributed by atoms with van der Waals surface area (Å²) in [6.07, 6.45) is -0.171. The van der Waals surface area contributed by atoms with Crippen molar-refractivity contribution in [2.45, 2.75) is 45.1 Å². The predicted molar refractivity (Wildman–Crippen MR) is 130 cm³/mol. The molecule has 1 aromatic heterocycles. The molecule has 2 aromatic rings. The number of aromatic nitrogens is 1. The lowest BCUT2D eigenvalue weighted by Crippen LogP contribution is -2.52. The van der Waals surface area contributed by atoms with Crippen molar-refractivity contribution in [3.8, 4) is 11.3 Å². The number of hydrogen-bond donors (Lipinski definition) is 1. The van der Waals surface area contributed by atoms with Crippen LogP contribution >= 0.6 is 15.9 Å². The molecular weight excluding hydrogens is 502 g/mol. The Hall–Kier alpha value is -2.49. The molecule has 4 rings (SSSR count). The highest BCUT2D eigenvalue weighted by atomic mass is 79.9. The first kappa shape index (κ1) is 24.6. The summed E-state index contributed by atoms with van der Waals surface area (Å²) in [6, 6.07) is 10.9. The zero-order chi connectivity index (χ0) is 24.5. The minimum atomic E-state index is -0.865. The Bertz CT molecular complexity index is 1050. The van der Waals surface area contributed by atoms with Crippen molar-refractivity contribution in [2.75, 3.05) is 26.9 Å². The molecule has 9 heteroatoms. The van der Waals surface area contributed by atoms with Crippen molar-refractivity contribution in [1.82, 2.24) is 15.2 Å². The third-order valence-corrected chi connectivity index (χ3v) is 6.78. The number of rotatable bonds is 5. The fourth-order valence-corrected chi connectivity index (χ4v) is 4.82. The number of halogens is 1. The monoisotopic (exact) mass is 531 g/mol. The molecule has 1 aromatic carbocycles. The van der Waals surface area contributed by atoms with Crippen LogP contribution in [0, 0.1) is 12.8 Å². The maximum Gasteiger partial charge on any atom is 0.407 e. The van der Waals surface area contributed by atoms with Gasteiger partial charge in [-0.1, -0.05) is 41.9 Å². The van der Waals surface area contributed by atoms with Crippen molar-refractivity contribution in [3.63, 3.8) is 0 Å². The zero-order valence-electron chi connectivity index (χ0n) is 19.8. The lowest BCUT2D eigenvalue weighted by molar-refractivity contribution is -0.153. The minimum Gasteiger partial charge on any atom is -0.453 e. The van der Waals surface area contributed by atoms with Crippen LogP contribution in [0.5, 0.6) is 0 Å². The van der Waals surface area contributed by atoms with Gasteiger partial charge in [-0.2, -0.15) is 0 Å². The largest absolute Gasteiger partial charge is 0.453 e. The van der Waals surface area contributed by atoms with E-state index in [1.807, 2.05) is 57.2 Å². The lowest BCUT2D eigenvalue weighted by Gasteiger charge is -2.30. The average Bonchev–Trinajstić information content (AvgIpc) is 3.43. The van der Waals surface area contributed by atoms with Crippen molar-refractivity contribution >= 4 is 27.9 Å². The fraction of sp³-hybridized carbons (Fsp3) is 0.480. The van der Waals surface area contributed by atoms with Gasteiger partial charge in [0.2, 0.25) is 5.91 Å². The van der Waals surface area contributed by atoms with Crippen LogP contribution < -0.4 is 5.32 Å². The molecule has 8 nitrogen and oxygen atoms in total. The van der Waals surface area contributed by atoms with E-state index in [0.717, 1.165) is 27.0 Å². The summed E-state index contributed by atoms with van der Waals surface area (Å²) < 4.78 is 17.7. The molecular formula is C25H30BrN3O5. The Kier molecular flexibility index (Phi) is 7.25. The Morgan fingerprint density at radius 1 is 1.21 bits per heavy atom. The molecule has 1 spiro atoms. The van der Waals surface area contributed by atoms with E-state index in [1.54, 1.807) is 4.90 Å². The number of hydrogen-bond acceptors (Lipinski definition) is 6. The number of methoxy groups -OCH3 is 1. The summed E-state index contributed by atoms with van der Waals surface area (Å²) >= 11 is 3.47. The van der Waals surface area contributed by atoms with Crippen molar-refractivity contribution in [3.05, 3.63) is 52.1 Å². The van der Waals surface area contributed by atoms with Crippen LogP contribution in [-0.4, -0.2) is 60.6 Å². The van der Waals surface area contributed by atoms with Crippen LogP contribution in [0.4, 0.5) is 4.79 Å². The molecule has 1 N–H and O–H groups in total. The third-order valence-electron chi connectivity index (χ3n) is 6.25. The summed E-state index contributed by atoms with van der Waals surface area (Å²) in [5, 5.41) is 2.69. The summed E-state index contributed by atoms with van der Waals surface area (Å²) in [4.78, 5) is 32.4. The molecule has 2 atom stereocenters. The van der Waals surface area contributed by atoms with E-state index in [2.05, 4.69) is 21.2 Å². The second-order valence-corrected chi connectivity index (χ2v) is 10.0. The van der Waals surface area contributed by atoms with Gasteiger partial charge in [0, 0.05) is 16.5 Å². The van der Waals surface area contributed by atoms with Crippen LogP contribution in [0.3, 0.4) is 0 Å². The van der Waals surface area contributed by atoms with Crippen LogP contribution in [0.2, 0.25) is 0 Å². The smallest absolute Gasteiger partial charge is 0.407 e. The molecule has 2 aliphatic heterocycles. The van der Waals surface area contributed by atoms with E-state index in [1.165, 1.54) is 7.11 Å². The molecule has 2 amide bonds. The van der Waals surface area contributed by atoms with Crippen LogP contribution in [0.25, 0.3) is 11.3 Å². The Balaban J connectivity index is 1.71. The number of alkyl carbamates (subject to hydrolysis) is 1. The molecule has 3 heterocycles. The van der Waals surface area contributed by atoms with E-state index < -0.39 is 17.9 Å². The number of ether oxygens (including phenoxy) is 3. The number of carbonyl (C=O) groups excluding carboxylic acids is 2. The van der Waals surface area contributed by atoms with Crippen LogP contribution in [0.15, 0.2) is 40.9 Å². The number of amides is 2. The number of nitrogens with zero attached hydrogens (tertiary/aromatic N) is 2. The Labute approximate surface area is 208 Å². The van der Waals surface area contributed by atoms with Gasteiger partial charge in [-0.3, -0.25) is 9.78 Å². The molecule has 34 heavy (non-hydrogen) atoms. The highest BCUT2D eigenvalue weighted by molar-refractivity contribution is 9.10. The Morgan fingerprint density at radius 2 is 1.88 bits per heavy atom. The highest BCUT2D eigenvalue weighted by Crippen LogP contribution is 2.43. The average molecular weight is 532 g/mol. The summed E-state index contributed by atoms with van der Waals surface area (Å²) in [6.45, 7) is 7.02. The first-order valence-corrected chi connectivity index (χ1v) is 12.2. The molecule has 182 valence electrons. The van der Waals surface area contributed by atoms with Gasteiger partial charge in [-0.25, -0.2) is 4.79 Å². The topological polar surface area (TPSA) is 90.0 Å². The maximum absolute atomic E-state index is 13.8. The maximum atomic E-state index is 13.8. The molecule has 0 saturated carbocycles. The van der Waals surface area contributed by atoms with E-state index in [9.17, 15) is 9.59 Å². The molecule has 2 unspecified atom stereocenters. The van der Waals surface area contributed by atoms with Crippen molar-refractivity contribution < 1.29 is 23.8 Å². The normalized spacial score (nSPS) is 20.1. The third kappa shape index (κ3) is 5.11. The van der Waals surface area contributed by atoms with E-state index in [0.29, 0.717) is 19.6 Å². The van der Waals surface area contributed by atoms with Gasteiger partial charge >= 0.3 is 6.09 Å². The van der Waals surface area contributed by atoms with Gasteiger partial charge in [0.25, 0.3) is 0 Å². The molecule has 0 radical (unpaired) electrons. The SMILES string of the molecule is COC(=O)NC(C(=O)N1CC2(CC1c1cc(C)cc(-c3ccc(Br)cc3)n1)OCCO2)C(C)C. The second-order valence-electron chi connectivity index (χ2n) is 9.11.